The van der Waals surface area contributed by atoms with E-state index in [-0.39, 0.29) is 22.6 Å². The molecule has 1 aliphatic carbocycles. The Balaban J connectivity index is 1.77. The number of ether oxygens (including phenoxy) is 1. The first kappa shape index (κ1) is 20.5. The fourth-order valence-electron chi connectivity index (χ4n) is 3.61. The monoisotopic (exact) mass is 411 g/mol. The van der Waals surface area contributed by atoms with Crippen LogP contribution in [0.2, 0.25) is 0 Å². The Labute approximate surface area is 164 Å². The number of nitrogens with zero attached hydrogens (tertiary/aromatic N) is 2. The normalized spacial score (nSPS) is 19.5. The molecule has 9 nitrogen and oxygen atoms in total. The molecule has 3 rings (SSSR count). The molecule has 1 aromatic rings. The second-order valence-electron chi connectivity index (χ2n) is 7.25. The number of hydrogen-bond donors (Lipinski definition) is 1. The van der Waals surface area contributed by atoms with Crippen molar-refractivity contribution >= 4 is 21.6 Å². The lowest BCUT2D eigenvalue weighted by Crippen LogP contribution is -2.41. The molecule has 0 unspecified atom stereocenters. The van der Waals surface area contributed by atoms with Gasteiger partial charge in [0.25, 0.3) is 5.91 Å². The summed E-state index contributed by atoms with van der Waals surface area (Å²) in [6.07, 6.45) is 4.59. The van der Waals surface area contributed by atoms with Gasteiger partial charge in [0.1, 0.15) is 0 Å². The third-order valence-electron chi connectivity index (χ3n) is 5.20. The van der Waals surface area contributed by atoms with Gasteiger partial charge >= 0.3 is 5.69 Å². The fraction of sp³-hybridized carbons (Fsp3) is 0.611. The number of carbonyl (C=O) groups is 1. The molecule has 1 amide bonds. The number of benzene rings is 1. The van der Waals surface area contributed by atoms with Crippen LogP contribution in [0.25, 0.3) is 0 Å². The van der Waals surface area contributed by atoms with Crippen LogP contribution in [0.5, 0.6) is 5.75 Å². The molecule has 0 aromatic heterocycles. The van der Waals surface area contributed by atoms with E-state index >= 15 is 0 Å². The lowest BCUT2D eigenvalue weighted by molar-refractivity contribution is -0.386. The summed E-state index contributed by atoms with van der Waals surface area (Å²) in [5.74, 6) is -0.464. The van der Waals surface area contributed by atoms with Crippen LogP contribution >= 0.6 is 0 Å². The van der Waals surface area contributed by atoms with Gasteiger partial charge in [-0.2, -0.15) is 4.31 Å². The predicted octanol–water partition coefficient (Wildman–Crippen LogP) is 2.21. The molecule has 0 bridgehead atoms. The van der Waals surface area contributed by atoms with Crippen molar-refractivity contribution in [2.75, 3.05) is 13.1 Å². The molecule has 1 N–H and O–H groups in total. The fourth-order valence-corrected chi connectivity index (χ4v) is 5.15. The first-order chi connectivity index (χ1) is 13.3. The maximum absolute atomic E-state index is 12.6. The van der Waals surface area contributed by atoms with Crippen molar-refractivity contribution in [1.82, 2.24) is 9.62 Å². The topological polar surface area (TPSA) is 119 Å². The van der Waals surface area contributed by atoms with Crippen LogP contribution in [-0.2, 0) is 14.8 Å². The summed E-state index contributed by atoms with van der Waals surface area (Å²) in [6, 6.07) is 3.66. The Morgan fingerprint density at radius 1 is 1.25 bits per heavy atom. The van der Waals surface area contributed by atoms with E-state index in [9.17, 15) is 23.3 Å². The number of sulfonamides is 1. The van der Waals surface area contributed by atoms with Crippen molar-refractivity contribution in [3.63, 3.8) is 0 Å². The van der Waals surface area contributed by atoms with E-state index in [1.54, 1.807) is 0 Å². The SMILES string of the molecule is C[C@@H](Oc1ccc(S(=O)(=O)N2CCCC2)cc1[N+](=O)[O-])C(=O)NC1CCCC1. The molecular formula is C18H25N3O6S. The van der Waals surface area contributed by atoms with E-state index in [0.717, 1.165) is 44.6 Å². The lowest BCUT2D eigenvalue weighted by atomic mass is 10.2. The Hall–Kier alpha value is -2.20. The van der Waals surface area contributed by atoms with Gasteiger partial charge < -0.3 is 10.1 Å². The smallest absolute Gasteiger partial charge is 0.312 e. The van der Waals surface area contributed by atoms with Crippen LogP contribution in [0.3, 0.4) is 0 Å². The van der Waals surface area contributed by atoms with Crippen molar-refractivity contribution < 1.29 is 22.9 Å². The number of nitro groups is 1. The zero-order valence-electron chi connectivity index (χ0n) is 15.8. The minimum absolute atomic E-state index is 0.113. The number of nitrogens with one attached hydrogen (secondary N) is 1. The summed E-state index contributed by atoms with van der Waals surface area (Å²) in [7, 11) is -3.78. The molecule has 1 saturated heterocycles. The molecule has 1 aliphatic heterocycles. The Kier molecular flexibility index (Phi) is 6.19. The summed E-state index contributed by atoms with van der Waals surface area (Å²) in [6.45, 7) is 2.34. The zero-order valence-corrected chi connectivity index (χ0v) is 16.6. The molecule has 154 valence electrons. The van der Waals surface area contributed by atoms with Gasteiger partial charge in [0.05, 0.1) is 9.82 Å². The maximum atomic E-state index is 12.6. The summed E-state index contributed by atoms with van der Waals surface area (Å²) < 4.78 is 32.1. The average molecular weight is 411 g/mol. The van der Waals surface area contributed by atoms with Gasteiger partial charge in [-0.25, -0.2) is 8.42 Å². The van der Waals surface area contributed by atoms with Crippen LogP contribution in [0, 0.1) is 10.1 Å². The third-order valence-corrected chi connectivity index (χ3v) is 7.10. The zero-order chi connectivity index (χ0) is 20.3. The quantitative estimate of drug-likeness (QED) is 0.543. The molecule has 1 aromatic carbocycles. The standard InChI is InChI=1S/C18H25N3O6S/c1-13(18(22)19-14-6-2-3-7-14)27-17-9-8-15(12-16(17)21(23)24)28(25,26)20-10-4-5-11-20/h8-9,12-14H,2-7,10-11H2,1H3,(H,19,22)/t13-/m1/s1. The van der Waals surface area contributed by atoms with E-state index in [2.05, 4.69) is 5.32 Å². The molecule has 0 radical (unpaired) electrons. The largest absolute Gasteiger partial charge is 0.474 e. The Morgan fingerprint density at radius 3 is 2.50 bits per heavy atom. The van der Waals surface area contributed by atoms with Crippen LogP contribution in [0.4, 0.5) is 5.69 Å². The third kappa shape index (κ3) is 4.44. The molecular weight excluding hydrogens is 386 g/mol. The van der Waals surface area contributed by atoms with E-state index in [1.165, 1.54) is 23.4 Å². The van der Waals surface area contributed by atoms with Crippen LogP contribution in [0.1, 0.15) is 45.4 Å². The van der Waals surface area contributed by atoms with Gasteiger partial charge in [-0.15, -0.1) is 0 Å². The maximum Gasteiger partial charge on any atom is 0.312 e. The summed E-state index contributed by atoms with van der Waals surface area (Å²) in [4.78, 5) is 22.9. The molecule has 1 saturated carbocycles. The number of carbonyl (C=O) groups excluding carboxylic acids is 1. The number of hydrogen-bond acceptors (Lipinski definition) is 6. The van der Waals surface area contributed by atoms with E-state index < -0.39 is 26.7 Å². The van der Waals surface area contributed by atoms with Gasteiger partial charge in [0, 0.05) is 25.2 Å². The minimum atomic E-state index is -3.78. The van der Waals surface area contributed by atoms with Crippen molar-refractivity contribution in [3.8, 4) is 5.75 Å². The molecule has 1 atom stereocenters. The van der Waals surface area contributed by atoms with Gasteiger partial charge in [-0.3, -0.25) is 14.9 Å². The van der Waals surface area contributed by atoms with Crippen molar-refractivity contribution in [2.24, 2.45) is 0 Å². The molecule has 2 fully saturated rings. The van der Waals surface area contributed by atoms with Crippen LogP contribution in [-0.4, -0.2) is 48.8 Å². The van der Waals surface area contributed by atoms with Gasteiger partial charge in [0.2, 0.25) is 10.0 Å². The Bertz CT molecular complexity index is 845. The highest BCUT2D eigenvalue weighted by Crippen LogP contribution is 2.32. The van der Waals surface area contributed by atoms with Crippen molar-refractivity contribution in [2.45, 2.75) is 62.5 Å². The highest BCUT2D eigenvalue weighted by molar-refractivity contribution is 7.89. The Morgan fingerprint density at radius 2 is 1.89 bits per heavy atom. The molecule has 0 spiro atoms. The first-order valence-electron chi connectivity index (χ1n) is 9.54. The van der Waals surface area contributed by atoms with E-state index in [4.69, 9.17) is 4.74 Å². The molecule has 10 heteroatoms. The van der Waals surface area contributed by atoms with Crippen LogP contribution in [0.15, 0.2) is 23.1 Å². The molecule has 28 heavy (non-hydrogen) atoms. The highest BCUT2D eigenvalue weighted by Gasteiger charge is 2.31. The second-order valence-corrected chi connectivity index (χ2v) is 9.19. The van der Waals surface area contributed by atoms with Crippen LogP contribution < -0.4 is 10.1 Å². The second kappa shape index (κ2) is 8.44. The van der Waals surface area contributed by atoms with Crippen molar-refractivity contribution in [3.05, 3.63) is 28.3 Å². The molecule has 1 heterocycles. The predicted molar refractivity (Wildman–Crippen MR) is 102 cm³/mol. The van der Waals surface area contributed by atoms with Crippen molar-refractivity contribution in [1.29, 1.82) is 0 Å². The highest BCUT2D eigenvalue weighted by atomic mass is 32.2. The van der Waals surface area contributed by atoms with Gasteiger partial charge in [-0.1, -0.05) is 12.8 Å². The summed E-state index contributed by atoms with van der Waals surface area (Å²) >= 11 is 0. The van der Waals surface area contributed by atoms with E-state index in [0.29, 0.717) is 13.1 Å². The summed E-state index contributed by atoms with van der Waals surface area (Å²) in [5, 5.41) is 14.4. The number of nitro benzene ring substituents is 1. The first-order valence-corrected chi connectivity index (χ1v) is 11.0. The average Bonchev–Trinajstić information content (AvgIpc) is 3.35. The minimum Gasteiger partial charge on any atom is -0.474 e. The van der Waals surface area contributed by atoms with E-state index in [1.807, 2.05) is 0 Å². The number of amides is 1. The number of rotatable bonds is 7. The lowest BCUT2D eigenvalue weighted by Gasteiger charge is -2.19. The molecule has 2 aliphatic rings. The van der Waals surface area contributed by atoms with Gasteiger partial charge in [-0.05, 0) is 44.7 Å². The summed E-state index contributed by atoms with van der Waals surface area (Å²) in [5.41, 5.74) is -0.471. The van der Waals surface area contributed by atoms with Gasteiger partial charge in [0.15, 0.2) is 11.9 Å².